The summed E-state index contributed by atoms with van der Waals surface area (Å²) in [6.07, 6.45) is 1.21. The van der Waals surface area contributed by atoms with Gasteiger partial charge in [0.25, 0.3) is 0 Å². The van der Waals surface area contributed by atoms with Gasteiger partial charge in [-0.25, -0.2) is 0 Å². The minimum atomic E-state index is 0.531. The van der Waals surface area contributed by atoms with Gasteiger partial charge in [0.15, 0.2) is 0 Å². The van der Waals surface area contributed by atoms with E-state index in [9.17, 15) is 0 Å². The van der Waals surface area contributed by atoms with Gasteiger partial charge >= 0.3 is 0 Å². The molecule has 0 amide bonds. The predicted molar refractivity (Wildman–Crippen MR) is 79.9 cm³/mol. The summed E-state index contributed by atoms with van der Waals surface area (Å²) in [5, 5.41) is 3.98. The molecule has 1 fully saturated rings. The van der Waals surface area contributed by atoms with E-state index in [-0.39, 0.29) is 0 Å². The zero-order chi connectivity index (χ0) is 13.1. The summed E-state index contributed by atoms with van der Waals surface area (Å²) in [4.78, 5) is 4.08. The Balaban J connectivity index is 1.60. The fourth-order valence-electron chi connectivity index (χ4n) is 2.97. The minimum absolute atomic E-state index is 0.531. The Morgan fingerprint density at radius 1 is 1.42 bits per heavy atom. The van der Waals surface area contributed by atoms with Crippen LogP contribution in [0.15, 0.2) is 29.2 Å². The quantitative estimate of drug-likeness (QED) is 0.904. The molecule has 2 aliphatic heterocycles. The summed E-state index contributed by atoms with van der Waals surface area (Å²) in [5.41, 5.74) is 1.52. The molecule has 1 aromatic rings. The Bertz CT molecular complexity index is 399. The molecule has 2 aliphatic rings. The van der Waals surface area contributed by atoms with Crippen molar-refractivity contribution in [1.82, 2.24) is 10.2 Å². The molecule has 0 aromatic heterocycles. The van der Waals surface area contributed by atoms with Crippen LogP contribution in [0.1, 0.15) is 5.56 Å². The first-order valence-electron chi connectivity index (χ1n) is 7.08. The van der Waals surface area contributed by atoms with Crippen LogP contribution in [0.2, 0.25) is 0 Å². The molecule has 0 spiro atoms. The van der Waals surface area contributed by atoms with Crippen LogP contribution >= 0.6 is 11.8 Å². The second kappa shape index (κ2) is 6.27. The maximum absolute atomic E-state index is 5.60. The van der Waals surface area contributed by atoms with E-state index >= 15 is 0 Å². The minimum Gasteiger partial charge on any atom is -0.378 e. The zero-order valence-corrected chi connectivity index (χ0v) is 12.3. The number of nitrogens with zero attached hydrogens (tertiary/aromatic N) is 1. The number of morpholine rings is 1. The van der Waals surface area contributed by atoms with Crippen molar-refractivity contribution in [3.63, 3.8) is 0 Å². The molecule has 3 rings (SSSR count). The number of fused-ring (bicyclic) bond motifs is 1. The number of thioether (sulfide) groups is 1. The Morgan fingerprint density at radius 3 is 3.16 bits per heavy atom. The first kappa shape index (κ1) is 13.4. The van der Waals surface area contributed by atoms with Gasteiger partial charge in [-0.3, -0.25) is 4.90 Å². The van der Waals surface area contributed by atoms with Gasteiger partial charge in [-0.1, -0.05) is 18.2 Å². The fourth-order valence-corrected chi connectivity index (χ4v) is 4.32. The molecule has 0 aliphatic carbocycles. The van der Waals surface area contributed by atoms with Crippen molar-refractivity contribution in [3.05, 3.63) is 29.8 Å². The Hall–Kier alpha value is -0.550. The molecule has 0 bridgehead atoms. The highest BCUT2D eigenvalue weighted by Gasteiger charge is 2.28. The summed E-state index contributed by atoms with van der Waals surface area (Å²) in [7, 11) is 2.02. The number of likely N-dealkylation sites (N-methyl/N-ethyl adjacent to an activating group) is 1. The lowest BCUT2D eigenvalue weighted by Crippen LogP contribution is -2.51. The van der Waals surface area contributed by atoms with Gasteiger partial charge in [-0.05, 0) is 25.1 Å². The molecule has 104 valence electrons. The van der Waals surface area contributed by atoms with E-state index in [1.807, 2.05) is 18.8 Å². The van der Waals surface area contributed by atoms with Crippen LogP contribution in [-0.2, 0) is 11.2 Å². The van der Waals surface area contributed by atoms with Gasteiger partial charge < -0.3 is 10.1 Å². The van der Waals surface area contributed by atoms with Crippen LogP contribution < -0.4 is 5.32 Å². The summed E-state index contributed by atoms with van der Waals surface area (Å²) in [5.74, 6) is 0. The molecule has 2 atom stereocenters. The molecule has 2 unspecified atom stereocenters. The molecule has 1 aromatic carbocycles. The summed E-state index contributed by atoms with van der Waals surface area (Å²) in [6.45, 7) is 5.01. The topological polar surface area (TPSA) is 24.5 Å². The van der Waals surface area contributed by atoms with Gasteiger partial charge in [-0.15, -0.1) is 11.8 Å². The van der Waals surface area contributed by atoms with Crippen LogP contribution in [0, 0.1) is 0 Å². The standard InChI is InChI=1S/C15H22N2OS/c1-16-9-13-11-18-7-6-17(13)10-14-8-12-4-2-3-5-15(12)19-14/h2-5,13-14,16H,6-11H2,1H3. The van der Waals surface area contributed by atoms with Gasteiger partial charge in [-0.2, -0.15) is 0 Å². The van der Waals surface area contributed by atoms with E-state index in [1.54, 1.807) is 0 Å². The molecule has 0 saturated carbocycles. The zero-order valence-electron chi connectivity index (χ0n) is 11.5. The van der Waals surface area contributed by atoms with Crippen molar-refractivity contribution in [1.29, 1.82) is 0 Å². The first-order valence-corrected chi connectivity index (χ1v) is 7.95. The van der Waals surface area contributed by atoms with E-state index in [2.05, 4.69) is 34.5 Å². The van der Waals surface area contributed by atoms with E-state index in [0.29, 0.717) is 11.3 Å². The lowest BCUT2D eigenvalue weighted by molar-refractivity contribution is -0.00570. The normalized spacial score (nSPS) is 27.4. The van der Waals surface area contributed by atoms with E-state index in [0.717, 1.165) is 26.3 Å². The van der Waals surface area contributed by atoms with Crippen LogP contribution in [-0.4, -0.2) is 56.1 Å². The van der Waals surface area contributed by atoms with Crippen LogP contribution in [0.5, 0.6) is 0 Å². The first-order chi connectivity index (χ1) is 9.36. The van der Waals surface area contributed by atoms with E-state index in [4.69, 9.17) is 4.74 Å². The number of benzene rings is 1. The summed E-state index contributed by atoms with van der Waals surface area (Å²) >= 11 is 2.05. The second-order valence-corrected chi connectivity index (χ2v) is 6.68. The Labute approximate surface area is 119 Å². The van der Waals surface area contributed by atoms with Gasteiger partial charge in [0, 0.05) is 35.8 Å². The highest BCUT2D eigenvalue weighted by molar-refractivity contribution is 8.00. The third-order valence-electron chi connectivity index (χ3n) is 3.94. The van der Waals surface area contributed by atoms with E-state index in [1.165, 1.54) is 23.4 Å². The Kier molecular flexibility index (Phi) is 4.43. The summed E-state index contributed by atoms with van der Waals surface area (Å²) in [6, 6.07) is 9.35. The van der Waals surface area contributed by atoms with Crippen molar-refractivity contribution in [2.75, 3.05) is 39.9 Å². The lowest BCUT2D eigenvalue weighted by atomic mass is 10.1. The highest BCUT2D eigenvalue weighted by Crippen LogP contribution is 2.37. The maximum Gasteiger partial charge on any atom is 0.0634 e. The number of ether oxygens (including phenoxy) is 1. The van der Waals surface area contributed by atoms with Crippen molar-refractivity contribution in [2.45, 2.75) is 22.6 Å². The third kappa shape index (κ3) is 3.14. The van der Waals surface area contributed by atoms with Crippen molar-refractivity contribution < 1.29 is 4.74 Å². The van der Waals surface area contributed by atoms with Gasteiger partial charge in [0.2, 0.25) is 0 Å². The van der Waals surface area contributed by atoms with Gasteiger partial charge in [0.05, 0.1) is 13.2 Å². The predicted octanol–water partition coefficient (Wildman–Crippen LogP) is 1.62. The smallest absolute Gasteiger partial charge is 0.0634 e. The average Bonchev–Trinajstić information content (AvgIpc) is 2.83. The molecule has 0 radical (unpaired) electrons. The number of hydrogen-bond acceptors (Lipinski definition) is 4. The number of rotatable bonds is 4. The third-order valence-corrected chi connectivity index (χ3v) is 5.24. The van der Waals surface area contributed by atoms with Crippen molar-refractivity contribution in [3.8, 4) is 0 Å². The van der Waals surface area contributed by atoms with E-state index < -0.39 is 0 Å². The number of hydrogen-bond donors (Lipinski definition) is 1. The monoisotopic (exact) mass is 278 g/mol. The van der Waals surface area contributed by atoms with Crippen molar-refractivity contribution in [2.24, 2.45) is 0 Å². The largest absolute Gasteiger partial charge is 0.378 e. The molecule has 4 heteroatoms. The maximum atomic E-state index is 5.60. The summed E-state index contributed by atoms with van der Waals surface area (Å²) < 4.78 is 5.60. The van der Waals surface area contributed by atoms with Gasteiger partial charge in [0.1, 0.15) is 0 Å². The van der Waals surface area contributed by atoms with Crippen molar-refractivity contribution >= 4 is 11.8 Å². The van der Waals surface area contributed by atoms with Crippen LogP contribution in [0.3, 0.4) is 0 Å². The average molecular weight is 278 g/mol. The molecule has 3 nitrogen and oxygen atoms in total. The SMILES string of the molecule is CNCC1COCCN1CC1Cc2ccccc2S1. The van der Waals surface area contributed by atoms with Crippen LogP contribution in [0.4, 0.5) is 0 Å². The Morgan fingerprint density at radius 2 is 2.32 bits per heavy atom. The molecule has 19 heavy (non-hydrogen) atoms. The number of nitrogens with one attached hydrogen (secondary N) is 1. The van der Waals surface area contributed by atoms with Crippen LogP contribution in [0.25, 0.3) is 0 Å². The second-order valence-electron chi connectivity index (χ2n) is 5.33. The molecular formula is C15H22N2OS. The molecule has 1 saturated heterocycles. The highest BCUT2D eigenvalue weighted by atomic mass is 32.2. The molecule has 1 N–H and O–H groups in total. The lowest BCUT2D eigenvalue weighted by Gasteiger charge is -2.36. The molecular weight excluding hydrogens is 256 g/mol. The fraction of sp³-hybridized carbons (Fsp3) is 0.600. The molecule has 2 heterocycles.